The Hall–Kier alpha value is -1.84. The van der Waals surface area contributed by atoms with Crippen LogP contribution in [0.4, 0.5) is 10.2 Å². The number of hydrogen-bond acceptors (Lipinski definition) is 2. The number of benzene rings is 1. The van der Waals surface area contributed by atoms with E-state index >= 15 is 0 Å². The van der Waals surface area contributed by atoms with Gasteiger partial charge in [0.15, 0.2) is 0 Å². The molecular formula is C17H24FN3. The Kier molecular flexibility index (Phi) is 4.66. The molecule has 4 heteroatoms. The van der Waals surface area contributed by atoms with Crippen LogP contribution in [0.25, 0.3) is 11.3 Å². The number of nitrogens with two attached hydrogens (primary N) is 1. The molecule has 0 atom stereocenters. The fourth-order valence-electron chi connectivity index (χ4n) is 2.49. The second kappa shape index (κ2) is 6.29. The smallest absolute Gasteiger partial charge is 0.132 e. The summed E-state index contributed by atoms with van der Waals surface area (Å²) in [6.45, 7) is 9.08. The Morgan fingerprint density at radius 1 is 1.33 bits per heavy atom. The standard InChI is InChI=1S/C17H24FN3/c1-5-6-9-21-16(19)15(20-17(21)11(2)3)13-10-12(4)7-8-14(13)18/h7-8,10-11H,5-6,9,19H2,1-4H3. The number of hydrogen-bond donors (Lipinski definition) is 1. The van der Waals surface area contributed by atoms with Crippen molar-refractivity contribution in [2.45, 2.75) is 53.0 Å². The van der Waals surface area contributed by atoms with Gasteiger partial charge < -0.3 is 10.3 Å². The van der Waals surface area contributed by atoms with Crippen molar-refractivity contribution in [1.82, 2.24) is 9.55 Å². The van der Waals surface area contributed by atoms with E-state index in [1.54, 1.807) is 6.07 Å². The van der Waals surface area contributed by atoms with Crippen molar-refractivity contribution in [2.75, 3.05) is 5.73 Å². The maximum Gasteiger partial charge on any atom is 0.132 e. The van der Waals surface area contributed by atoms with Gasteiger partial charge in [-0.1, -0.05) is 38.8 Å². The molecule has 114 valence electrons. The lowest BCUT2D eigenvalue weighted by Crippen LogP contribution is -2.08. The van der Waals surface area contributed by atoms with Gasteiger partial charge in [0.05, 0.1) is 0 Å². The van der Waals surface area contributed by atoms with Crippen molar-refractivity contribution < 1.29 is 4.39 Å². The Balaban J connectivity index is 2.56. The molecule has 0 bridgehead atoms. The van der Waals surface area contributed by atoms with Crippen LogP contribution in [0.3, 0.4) is 0 Å². The highest BCUT2D eigenvalue weighted by Crippen LogP contribution is 2.31. The molecule has 2 rings (SSSR count). The van der Waals surface area contributed by atoms with Gasteiger partial charge in [-0.2, -0.15) is 0 Å². The largest absolute Gasteiger partial charge is 0.383 e. The van der Waals surface area contributed by atoms with Crippen LogP contribution < -0.4 is 5.73 Å². The first-order valence-corrected chi connectivity index (χ1v) is 7.58. The number of aryl methyl sites for hydroxylation is 1. The van der Waals surface area contributed by atoms with Gasteiger partial charge in [0, 0.05) is 18.0 Å². The van der Waals surface area contributed by atoms with Crippen molar-refractivity contribution in [1.29, 1.82) is 0 Å². The molecule has 2 N–H and O–H groups in total. The lowest BCUT2D eigenvalue weighted by molar-refractivity contribution is 0.588. The minimum Gasteiger partial charge on any atom is -0.383 e. The summed E-state index contributed by atoms with van der Waals surface area (Å²) < 4.78 is 16.2. The summed E-state index contributed by atoms with van der Waals surface area (Å²) in [5.41, 5.74) is 8.32. The molecule has 0 saturated heterocycles. The Labute approximate surface area is 126 Å². The van der Waals surface area contributed by atoms with E-state index in [0.717, 1.165) is 30.8 Å². The minimum atomic E-state index is -0.275. The molecule has 3 nitrogen and oxygen atoms in total. The summed E-state index contributed by atoms with van der Waals surface area (Å²) in [5, 5.41) is 0. The monoisotopic (exact) mass is 289 g/mol. The number of anilines is 1. The number of imidazole rings is 1. The van der Waals surface area contributed by atoms with Gasteiger partial charge in [0.2, 0.25) is 0 Å². The second-order valence-corrected chi connectivity index (χ2v) is 5.85. The predicted molar refractivity (Wildman–Crippen MR) is 85.8 cm³/mol. The average molecular weight is 289 g/mol. The zero-order chi connectivity index (χ0) is 15.6. The van der Waals surface area contributed by atoms with Crippen LogP contribution >= 0.6 is 0 Å². The van der Waals surface area contributed by atoms with E-state index < -0.39 is 0 Å². The quantitative estimate of drug-likeness (QED) is 0.880. The summed E-state index contributed by atoms with van der Waals surface area (Å²) in [6.07, 6.45) is 2.12. The highest BCUT2D eigenvalue weighted by molar-refractivity contribution is 5.72. The third-order valence-corrected chi connectivity index (χ3v) is 3.66. The summed E-state index contributed by atoms with van der Waals surface area (Å²) >= 11 is 0. The van der Waals surface area contributed by atoms with Gasteiger partial charge >= 0.3 is 0 Å². The highest BCUT2D eigenvalue weighted by Gasteiger charge is 2.20. The topological polar surface area (TPSA) is 43.8 Å². The van der Waals surface area contributed by atoms with Crippen LogP contribution in [0, 0.1) is 12.7 Å². The fraction of sp³-hybridized carbons (Fsp3) is 0.471. The molecule has 0 aliphatic carbocycles. The average Bonchev–Trinajstić information content (AvgIpc) is 2.76. The van der Waals surface area contributed by atoms with Crippen molar-refractivity contribution in [3.05, 3.63) is 35.4 Å². The summed E-state index contributed by atoms with van der Waals surface area (Å²) in [7, 11) is 0. The number of nitrogens with zero attached hydrogens (tertiary/aromatic N) is 2. The van der Waals surface area contributed by atoms with E-state index in [9.17, 15) is 4.39 Å². The molecule has 0 fully saturated rings. The Morgan fingerprint density at radius 2 is 2.05 bits per heavy atom. The molecule has 0 amide bonds. The minimum absolute atomic E-state index is 0.255. The lowest BCUT2D eigenvalue weighted by Gasteiger charge is -2.11. The number of nitrogen functional groups attached to an aromatic ring is 1. The summed E-state index contributed by atoms with van der Waals surface area (Å²) in [4.78, 5) is 4.63. The van der Waals surface area contributed by atoms with Gasteiger partial charge in [-0.25, -0.2) is 9.37 Å². The van der Waals surface area contributed by atoms with Crippen molar-refractivity contribution in [3.63, 3.8) is 0 Å². The van der Waals surface area contributed by atoms with Gasteiger partial charge in [-0.3, -0.25) is 0 Å². The van der Waals surface area contributed by atoms with E-state index in [1.165, 1.54) is 6.07 Å². The fourth-order valence-corrected chi connectivity index (χ4v) is 2.49. The number of unbranched alkanes of at least 4 members (excludes halogenated alkanes) is 1. The molecule has 0 radical (unpaired) electrons. The van der Waals surface area contributed by atoms with E-state index in [4.69, 9.17) is 5.73 Å². The maximum absolute atomic E-state index is 14.1. The van der Waals surface area contributed by atoms with Crippen LogP contribution in [-0.2, 0) is 6.54 Å². The molecule has 1 aromatic heterocycles. The molecule has 0 unspecified atom stereocenters. The Bertz CT molecular complexity index is 629. The molecule has 1 aromatic carbocycles. The van der Waals surface area contributed by atoms with Crippen LogP contribution in [0.5, 0.6) is 0 Å². The van der Waals surface area contributed by atoms with Crippen molar-refractivity contribution >= 4 is 5.82 Å². The molecule has 0 aliphatic rings. The summed E-state index contributed by atoms with van der Waals surface area (Å²) in [6, 6.07) is 5.04. The van der Waals surface area contributed by atoms with Crippen LogP contribution in [0.1, 0.15) is 50.9 Å². The van der Waals surface area contributed by atoms with Crippen molar-refractivity contribution in [2.24, 2.45) is 0 Å². The van der Waals surface area contributed by atoms with Crippen molar-refractivity contribution in [3.8, 4) is 11.3 Å². The molecular weight excluding hydrogens is 265 g/mol. The van der Waals surface area contributed by atoms with Gasteiger partial charge in [-0.15, -0.1) is 0 Å². The zero-order valence-electron chi connectivity index (χ0n) is 13.3. The predicted octanol–water partition coefficient (Wildman–Crippen LogP) is 4.50. The number of halogens is 1. The first-order valence-electron chi connectivity index (χ1n) is 7.58. The third kappa shape index (κ3) is 3.09. The molecule has 1 heterocycles. The van der Waals surface area contributed by atoms with Gasteiger partial charge in [-0.05, 0) is 25.5 Å². The van der Waals surface area contributed by atoms with Crippen LogP contribution in [-0.4, -0.2) is 9.55 Å². The molecule has 0 saturated carbocycles. The number of aromatic nitrogens is 2. The SMILES string of the molecule is CCCCn1c(C(C)C)nc(-c2cc(C)ccc2F)c1N. The molecule has 0 spiro atoms. The molecule has 21 heavy (non-hydrogen) atoms. The van der Waals surface area contributed by atoms with E-state index in [2.05, 4.69) is 25.8 Å². The van der Waals surface area contributed by atoms with Gasteiger partial charge in [0.1, 0.15) is 23.2 Å². The van der Waals surface area contributed by atoms with Crippen LogP contribution in [0.2, 0.25) is 0 Å². The van der Waals surface area contributed by atoms with E-state index in [1.807, 2.05) is 17.6 Å². The zero-order valence-corrected chi connectivity index (χ0v) is 13.3. The van der Waals surface area contributed by atoms with Gasteiger partial charge in [0.25, 0.3) is 0 Å². The van der Waals surface area contributed by atoms with E-state index in [0.29, 0.717) is 17.1 Å². The normalized spacial score (nSPS) is 11.3. The molecule has 0 aliphatic heterocycles. The van der Waals surface area contributed by atoms with E-state index in [-0.39, 0.29) is 11.7 Å². The number of rotatable bonds is 5. The Morgan fingerprint density at radius 3 is 2.67 bits per heavy atom. The maximum atomic E-state index is 14.1. The first kappa shape index (κ1) is 15.5. The first-order chi connectivity index (χ1) is 9.95. The second-order valence-electron chi connectivity index (χ2n) is 5.85. The van der Waals surface area contributed by atoms with Crippen LogP contribution in [0.15, 0.2) is 18.2 Å². The summed E-state index contributed by atoms with van der Waals surface area (Å²) in [5.74, 6) is 1.47. The third-order valence-electron chi connectivity index (χ3n) is 3.66. The molecule has 2 aromatic rings. The lowest BCUT2D eigenvalue weighted by atomic mass is 10.1. The highest BCUT2D eigenvalue weighted by atomic mass is 19.1.